The number of rotatable bonds is 5. The standard InChI is InChI=1S/C24H23N3O2S/c1-17-9-6-7-10-18(17)16-22(28)26-24(30)25-20-12-8-11-19(15-20)23(29)27(2)21-13-4-3-5-14-21/h3-15H,16H2,1-2H3,(H2,25,26,28,30). The summed E-state index contributed by atoms with van der Waals surface area (Å²) >= 11 is 5.26. The van der Waals surface area contributed by atoms with Crippen LogP contribution in [0.1, 0.15) is 21.5 Å². The van der Waals surface area contributed by atoms with E-state index >= 15 is 0 Å². The number of carbonyl (C=O) groups is 2. The molecule has 6 heteroatoms. The molecule has 3 aromatic rings. The number of hydrogen-bond acceptors (Lipinski definition) is 3. The lowest BCUT2D eigenvalue weighted by atomic mass is 10.1. The van der Waals surface area contributed by atoms with Gasteiger partial charge >= 0.3 is 0 Å². The molecule has 0 aliphatic rings. The van der Waals surface area contributed by atoms with Crippen LogP contribution in [0, 0.1) is 6.92 Å². The number of anilines is 2. The molecular formula is C24H23N3O2S. The van der Waals surface area contributed by atoms with Gasteiger partial charge in [-0.05, 0) is 60.6 Å². The van der Waals surface area contributed by atoms with Crippen molar-refractivity contribution in [3.63, 3.8) is 0 Å². The minimum absolute atomic E-state index is 0.139. The second kappa shape index (κ2) is 9.80. The second-order valence-electron chi connectivity index (χ2n) is 6.89. The van der Waals surface area contributed by atoms with Gasteiger partial charge in [0.05, 0.1) is 6.42 Å². The average molecular weight is 418 g/mol. The summed E-state index contributed by atoms with van der Waals surface area (Å²) < 4.78 is 0. The highest BCUT2D eigenvalue weighted by atomic mass is 32.1. The SMILES string of the molecule is Cc1ccccc1CC(=O)NC(=S)Nc1cccc(C(=O)N(C)c2ccccc2)c1. The normalized spacial score (nSPS) is 10.2. The van der Waals surface area contributed by atoms with Gasteiger partial charge in [-0.2, -0.15) is 0 Å². The van der Waals surface area contributed by atoms with Crippen molar-refractivity contribution in [3.05, 3.63) is 95.6 Å². The van der Waals surface area contributed by atoms with Crippen LogP contribution in [0.3, 0.4) is 0 Å². The summed E-state index contributed by atoms with van der Waals surface area (Å²) in [5.74, 6) is -0.336. The summed E-state index contributed by atoms with van der Waals surface area (Å²) in [5, 5.41) is 5.85. The van der Waals surface area contributed by atoms with E-state index in [1.54, 1.807) is 36.2 Å². The van der Waals surface area contributed by atoms with Gasteiger partial charge < -0.3 is 15.5 Å². The zero-order chi connectivity index (χ0) is 21.5. The molecule has 0 fully saturated rings. The highest BCUT2D eigenvalue weighted by Crippen LogP contribution is 2.17. The van der Waals surface area contributed by atoms with Crippen LogP contribution in [0.4, 0.5) is 11.4 Å². The van der Waals surface area contributed by atoms with Crippen molar-refractivity contribution in [1.82, 2.24) is 5.32 Å². The van der Waals surface area contributed by atoms with Crippen LogP contribution in [0.25, 0.3) is 0 Å². The zero-order valence-corrected chi connectivity index (χ0v) is 17.7. The molecule has 0 atom stereocenters. The summed E-state index contributed by atoms with van der Waals surface area (Å²) in [7, 11) is 1.73. The Hall–Kier alpha value is -3.51. The maximum Gasteiger partial charge on any atom is 0.258 e. The molecule has 0 unspecified atom stereocenters. The van der Waals surface area contributed by atoms with E-state index in [1.807, 2.05) is 61.5 Å². The lowest BCUT2D eigenvalue weighted by Crippen LogP contribution is -2.35. The topological polar surface area (TPSA) is 61.4 Å². The number of carbonyl (C=O) groups excluding carboxylic acids is 2. The Morgan fingerprint density at radius 2 is 1.63 bits per heavy atom. The predicted octanol–water partition coefficient (Wildman–Crippen LogP) is 4.33. The van der Waals surface area contributed by atoms with Gasteiger partial charge in [-0.25, -0.2) is 0 Å². The molecule has 5 nitrogen and oxygen atoms in total. The van der Waals surface area contributed by atoms with E-state index in [0.717, 1.165) is 16.8 Å². The van der Waals surface area contributed by atoms with Crippen LogP contribution in [-0.2, 0) is 11.2 Å². The summed E-state index contributed by atoms with van der Waals surface area (Å²) in [6.07, 6.45) is 0.245. The first-order valence-corrected chi connectivity index (χ1v) is 9.93. The molecule has 2 amide bonds. The quantitative estimate of drug-likeness (QED) is 0.607. The fraction of sp³-hybridized carbons (Fsp3) is 0.125. The van der Waals surface area contributed by atoms with Crippen LogP contribution >= 0.6 is 12.2 Å². The minimum atomic E-state index is -0.196. The van der Waals surface area contributed by atoms with Crippen molar-refractivity contribution >= 4 is 40.5 Å². The molecule has 3 aromatic carbocycles. The lowest BCUT2D eigenvalue weighted by molar-refractivity contribution is -0.119. The number of nitrogens with one attached hydrogen (secondary N) is 2. The van der Waals surface area contributed by atoms with Crippen molar-refractivity contribution in [2.45, 2.75) is 13.3 Å². The van der Waals surface area contributed by atoms with Gasteiger partial charge in [0.1, 0.15) is 0 Å². The molecule has 152 valence electrons. The van der Waals surface area contributed by atoms with E-state index in [0.29, 0.717) is 11.3 Å². The van der Waals surface area contributed by atoms with Gasteiger partial charge in [0.15, 0.2) is 5.11 Å². The molecular weight excluding hydrogens is 394 g/mol. The number of hydrogen-bond donors (Lipinski definition) is 2. The molecule has 0 radical (unpaired) electrons. The lowest BCUT2D eigenvalue weighted by Gasteiger charge is -2.18. The number of para-hydroxylation sites is 1. The van der Waals surface area contributed by atoms with Gasteiger partial charge in [-0.1, -0.05) is 48.5 Å². The van der Waals surface area contributed by atoms with Crippen LogP contribution in [0.5, 0.6) is 0 Å². The monoisotopic (exact) mass is 417 g/mol. The van der Waals surface area contributed by atoms with Gasteiger partial charge in [0.2, 0.25) is 5.91 Å². The first-order chi connectivity index (χ1) is 14.4. The molecule has 0 bridgehead atoms. The van der Waals surface area contributed by atoms with E-state index in [4.69, 9.17) is 12.2 Å². The van der Waals surface area contributed by atoms with Gasteiger partial charge in [0.25, 0.3) is 5.91 Å². The van der Waals surface area contributed by atoms with E-state index in [-0.39, 0.29) is 23.3 Å². The smallest absolute Gasteiger partial charge is 0.258 e. The van der Waals surface area contributed by atoms with Crippen LogP contribution in [0.15, 0.2) is 78.9 Å². The van der Waals surface area contributed by atoms with Crippen molar-refractivity contribution in [2.24, 2.45) is 0 Å². The summed E-state index contributed by atoms with van der Waals surface area (Å²) in [6.45, 7) is 1.97. The maximum atomic E-state index is 12.8. The molecule has 0 spiro atoms. The average Bonchev–Trinajstić information content (AvgIpc) is 2.75. The predicted molar refractivity (Wildman–Crippen MR) is 125 cm³/mol. The van der Waals surface area contributed by atoms with Crippen molar-refractivity contribution in [2.75, 3.05) is 17.3 Å². The molecule has 0 aromatic heterocycles. The third kappa shape index (κ3) is 5.52. The molecule has 0 aliphatic heterocycles. The Morgan fingerprint density at radius 3 is 2.37 bits per heavy atom. The Morgan fingerprint density at radius 1 is 0.933 bits per heavy atom. The first kappa shape index (κ1) is 21.2. The number of benzene rings is 3. The van der Waals surface area contributed by atoms with Crippen LogP contribution < -0.4 is 15.5 Å². The summed E-state index contributed by atoms with van der Waals surface area (Å²) in [6, 6.07) is 24.2. The van der Waals surface area contributed by atoms with E-state index in [2.05, 4.69) is 10.6 Å². The Bertz CT molecular complexity index is 1070. The molecule has 0 heterocycles. The molecule has 0 aliphatic carbocycles. The number of aryl methyl sites for hydroxylation is 1. The Labute approximate surface area is 181 Å². The van der Waals surface area contributed by atoms with Gasteiger partial charge in [0, 0.05) is 24.0 Å². The van der Waals surface area contributed by atoms with E-state index in [9.17, 15) is 9.59 Å². The van der Waals surface area contributed by atoms with Crippen molar-refractivity contribution in [1.29, 1.82) is 0 Å². The molecule has 0 saturated carbocycles. The number of thiocarbonyl (C=S) groups is 1. The molecule has 0 saturated heterocycles. The van der Waals surface area contributed by atoms with Crippen molar-refractivity contribution < 1.29 is 9.59 Å². The number of amides is 2. The third-order valence-corrected chi connectivity index (χ3v) is 4.88. The summed E-state index contributed by atoms with van der Waals surface area (Å²) in [5.41, 5.74) is 3.96. The fourth-order valence-electron chi connectivity index (χ4n) is 3.01. The second-order valence-corrected chi connectivity index (χ2v) is 7.29. The molecule has 3 rings (SSSR count). The van der Waals surface area contributed by atoms with E-state index < -0.39 is 0 Å². The third-order valence-electron chi connectivity index (χ3n) is 4.68. The van der Waals surface area contributed by atoms with E-state index in [1.165, 1.54) is 0 Å². The van der Waals surface area contributed by atoms with Crippen molar-refractivity contribution in [3.8, 4) is 0 Å². The summed E-state index contributed by atoms with van der Waals surface area (Å²) in [4.78, 5) is 26.7. The molecule has 2 N–H and O–H groups in total. The Balaban J connectivity index is 1.62. The van der Waals surface area contributed by atoms with Gasteiger partial charge in [-0.15, -0.1) is 0 Å². The minimum Gasteiger partial charge on any atom is -0.332 e. The van der Waals surface area contributed by atoms with Crippen LogP contribution in [-0.4, -0.2) is 24.0 Å². The molecule has 30 heavy (non-hydrogen) atoms. The first-order valence-electron chi connectivity index (χ1n) is 9.52. The Kier molecular flexibility index (Phi) is 6.93. The highest BCUT2D eigenvalue weighted by Gasteiger charge is 2.14. The number of nitrogens with zero attached hydrogens (tertiary/aromatic N) is 1. The highest BCUT2D eigenvalue weighted by molar-refractivity contribution is 7.80. The largest absolute Gasteiger partial charge is 0.332 e. The maximum absolute atomic E-state index is 12.8. The fourth-order valence-corrected chi connectivity index (χ4v) is 3.24. The van der Waals surface area contributed by atoms with Gasteiger partial charge in [-0.3, -0.25) is 9.59 Å². The zero-order valence-electron chi connectivity index (χ0n) is 16.9. The van der Waals surface area contributed by atoms with Crippen LogP contribution in [0.2, 0.25) is 0 Å².